The molecule has 3 aromatic carbocycles. The van der Waals surface area contributed by atoms with Crippen molar-refractivity contribution in [3.63, 3.8) is 0 Å². The summed E-state index contributed by atoms with van der Waals surface area (Å²) in [5.41, 5.74) is 1.29. The highest BCUT2D eigenvalue weighted by atomic mass is 35.5. The first-order valence-electron chi connectivity index (χ1n) is 8.16. The summed E-state index contributed by atoms with van der Waals surface area (Å²) in [6, 6.07) is 19.1. The lowest BCUT2D eigenvalue weighted by Gasteiger charge is -2.08. The Morgan fingerprint density at radius 2 is 1.32 bits per heavy atom. The molecule has 140 valence electrons. The van der Waals surface area contributed by atoms with Crippen LogP contribution in [0.5, 0.6) is 0 Å². The van der Waals surface area contributed by atoms with Crippen LogP contribution in [0.3, 0.4) is 0 Å². The third-order valence-corrected chi connectivity index (χ3v) is 4.16. The van der Waals surface area contributed by atoms with Crippen LogP contribution in [0.15, 0.2) is 72.8 Å². The quantitative estimate of drug-likeness (QED) is 0.480. The van der Waals surface area contributed by atoms with E-state index >= 15 is 0 Å². The molecule has 0 bridgehead atoms. The normalized spacial score (nSPS) is 10.2. The number of nitrogens with zero attached hydrogens (tertiary/aromatic N) is 1. The maximum atomic E-state index is 12.3. The number of carbonyl (C=O) groups is 2. The van der Waals surface area contributed by atoms with Crippen LogP contribution in [0.4, 0.5) is 17.1 Å². The summed E-state index contributed by atoms with van der Waals surface area (Å²) in [6.45, 7) is 0. The van der Waals surface area contributed by atoms with Crippen LogP contribution in [0.2, 0.25) is 5.02 Å². The molecule has 0 radical (unpaired) electrons. The zero-order valence-corrected chi connectivity index (χ0v) is 15.1. The zero-order valence-electron chi connectivity index (χ0n) is 14.4. The average molecular weight is 396 g/mol. The van der Waals surface area contributed by atoms with Crippen molar-refractivity contribution in [1.29, 1.82) is 0 Å². The summed E-state index contributed by atoms with van der Waals surface area (Å²) in [4.78, 5) is 34.8. The molecular formula is C20H14ClN3O4. The number of halogens is 1. The van der Waals surface area contributed by atoms with Gasteiger partial charge in [0, 0.05) is 28.6 Å². The molecule has 0 aliphatic heterocycles. The zero-order chi connectivity index (χ0) is 20.1. The fourth-order valence-electron chi connectivity index (χ4n) is 2.43. The van der Waals surface area contributed by atoms with E-state index in [1.54, 1.807) is 36.4 Å². The highest BCUT2D eigenvalue weighted by Gasteiger charge is 2.16. The van der Waals surface area contributed by atoms with Gasteiger partial charge < -0.3 is 10.6 Å². The number of nitro groups is 1. The van der Waals surface area contributed by atoms with E-state index in [9.17, 15) is 19.7 Å². The van der Waals surface area contributed by atoms with Gasteiger partial charge >= 0.3 is 0 Å². The second kappa shape index (κ2) is 8.32. The van der Waals surface area contributed by atoms with Crippen molar-refractivity contribution in [3.05, 3.63) is 99.1 Å². The third-order valence-electron chi connectivity index (χ3n) is 3.84. The number of nitrogens with one attached hydrogen (secondary N) is 2. The maximum Gasteiger partial charge on any atom is 0.288 e. The van der Waals surface area contributed by atoms with Crippen LogP contribution in [-0.4, -0.2) is 16.7 Å². The molecule has 3 aromatic rings. The molecule has 0 fully saturated rings. The van der Waals surface area contributed by atoms with Crippen molar-refractivity contribution >= 4 is 40.5 Å². The molecule has 2 N–H and O–H groups in total. The van der Waals surface area contributed by atoms with Crippen molar-refractivity contribution in [1.82, 2.24) is 0 Å². The molecule has 28 heavy (non-hydrogen) atoms. The van der Waals surface area contributed by atoms with Crippen LogP contribution in [0, 0.1) is 10.1 Å². The number of para-hydroxylation sites is 1. The van der Waals surface area contributed by atoms with Gasteiger partial charge in [-0.25, -0.2) is 0 Å². The first kappa shape index (κ1) is 19.1. The minimum Gasteiger partial charge on any atom is -0.322 e. The lowest BCUT2D eigenvalue weighted by Crippen LogP contribution is -2.14. The van der Waals surface area contributed by atoms with E-state index in [0.29, 0.717) is 16.9 Å². The molecule has 0 aliphatic rings. The molecule has 2 amide bonds. The molecular weight excluding hydrogens is 382 g/mol. The molecule has 0 saturated heterocycles. The molecule has 0 aromatic heterocycles. The standard InChI is InChI=1S/C20H14ClN3O4/c21-17-11-8-14(12-18(17)24(27)28)20(26)23-16-9-6-13(7-10-16)19(25)22-15-4-2-1-3-5-15/h1-12H,(H,22,25)(H,23,26). The Kier molecular flexibility index (Phi) is 5.67. The predicted octanol–water partition coefficient (Wildman–Crippen LogP) is 4.75. The lowest BCUT2D eigenvalue weighted by molar-refractivity contribution is -0.384. The van der Waals surface area contributed by atoms with Crippen molar-refractivity contribution in [2.75, 3.05) is 10.6 Å². The first-order chi connectivity index (χ1) is 13.4. The number of carbonyl (C=O) groups excluding carboxylic acids is 2. The molecule has 0 saturated carbocycles. The smallest absolute Gasteiger partial charge is 0.288 e. The number of benzene rings is 3. The third kappa shape index (κ3) is 4.52. The summed E-state index contributed by atoms with van der Waals surface area (Å²) in [5.74, 6) is -0.807. The summed E-state index contributed by atoms with van der Waals surface area (Å²) in [7, 11) is 0. The molecule has 0 spiro atoms. The Hall–Kier alpha value is -3.71. The minimum absolute atomic E-state index is 0.0460. The van der Waals surface area contributed by atoms with Gasteiger partial charge in [-0.2, -0.15) is 0 Å². The largest absolute Gasteiger partial charge is 0.322 e. The fraction of sp³-hybridized carbons (Fsp3) is 0. The van der Waals surface area contributed by atoms with Crippen LogP contribution < -0.4 is 10.6 Å². The van der Waals surface area contributed by atoms with Crippen molar-refractivity contribution in [2.45, 2.75) is 0 Å². The summed E-state index contributed by atoms with van der Waals surface area (Å²) in [5, 5.41) is 16.3. The molecule has 3 rings (SSSR count). The summed E-state index contributed by atoms with van der Waals surface area (Å²) >= 11 is 5.75. The van der Waals surface area contributed by atoms with E-state index in [1.165, 1.54) is 12.1 Å². The van der Waals surface area contributed by atoms with Gasteiger partial charge in [0.2, 0.25) is 0 Å². The van der Waals surface area contributed by atoms with E-state index in [4.69, 9.17) is 11.6 Å². The van der Waals surface area contributed by atoms with Crippen LogP contribution in [0.1, 0.15) is 20.7 Å². The van der Waals surface area contributed by atoms with Gasteiger partial charge in [0.25, 0.3) is 17.5 Å². The van der Waals surface area contributed by atoms with Crippen molar-refractivity contribution in [2.24, 2.45) is 0 Å². The second-order valence-corrected chi connectivity index (χ2v) is 6.18. The highest BCUT2D eigenvalue weighted by Crippen LogP contribution is 2.25. The van der Waals surface area contributed by atoms with Crippen LogP contribution >= 0.6 is 11.6 Å². The molecule has 0 atom stereocenters. The van der Waals surface area contributed by atoms with Crippen molar-refractivity contribution in [3.8, 4) is 0 Å². The van der Waals surface area contributed by atoms with Crippen LogP contribution in [-0.2, 0) is 0 Å². The van der Waals surface area contributed by atoms with E-state index in [-0.39, 0.29) is 22.2 Å². The maximum absolute atomic E-state index is 12.3. The lowest BCUT2D eigenvalue weighted by atomic mass is 10.1. The Labute approximate surface area is 165 Å². The highest BCUT2D eigenvalue weighted by molar-refractivity contribution is 6.32. The number of amides is 2. The van der Waals surface area contributed by atoms with E-state index in [2.05, 4.69) is 10.6 Å². The monoisotopic (exact) mass is 395 g/mol. The summed E-state index contributed by atoms with van der Waals surface area (Å²) < 4.78 is 0. The van der Waals surface area contributed by atoms with Gasteiger partial charge in [0.05, 0.1) is 4.92 Å². The van der Waals surface area contributed by atoms with Gasteiger partial charge in [0.15, 0.2) is 0 Å². The molecule has 0 unspecified atom stereocenters. The predicted molar refractivity (Wildman–Crippen MR) is 107 cm³/mol. The number of nitro benzene ring substituents is 1. The van der Waals surface area contributed by atoms with Gasteiger partial charge in [-0.15, -0.1) is 0 Å². The SMILES string of the molecule is O=C(Nc1ccccc1)c1ccc(NC(=O)c2ccc(Cl)c([N+](=O)[O-])c2)cc1. The van der Waals surface area contributed by atoms with Gasteiger partial charge in [-0.3, -0.25) is 19.7 Å². The number of hydrogen-bond donors (Lipinski definition) is 2. The van der Waals surface area contributed by atoms with Gasteiger partial charge in [-0.1, -0.05) is 29.8 Å². The minimum atomic E-state index is -0.654. The van der Waals surface area contributed by atoms with Gasteiger partial charge in [0.1, 0.15) is 5.02 Å². The van der Waals surface area contributed by atoms with Gasteiger partial charge in [-0.05, 0) is 48.5 Å². The topological polar surface area (TPSA) is 101 Å². The van der Waals surface area contributed by atoms with E-state index < -0.39 is 10.8 Å². The molecule has 0 heterocycles. The molecule has 0 aliphatic carbocycles. The average Bonchev–Trinajstić information content (AvgIpc) is 2.69. The summed E-state index contributed by atoms with van der Waals surface area (Å²) in [6.07, 6.45) is 0. The Morgan fingerprint density at radius 1 is 0.786 bits per heavy atom. The van der Waals surface area contributed by atoms with E-state index in [0.717, 1.165) is 6.07 Å². The Balaban J connectivity index is 1.69. The second-order valence-electron chi connectivity index (χ2n) is 5.77. The van der Waals surface area contributed by atoms with Crippen molar-refractivity contribution < 1.29 is 14.5 Å². The first-order valence-corrected chi connectivity index (χ1v) is 8.53. The van der Waals surface area contributed by atoms with Crippen LogP contribution in [0.25, 0.3) is 0 Å². The Bertz CT molecular complexity index is 1040. The Morgan fingerprint density at radius 3 is 1.93 bits per heavy atom. The number of anilines is 2. The molecule has 8 heteroatoms. The molecule has 7 nitrogen and oxygen atoms in total. The number of hydrogen-bond acceptors (Lipinski definition) is 4. The number of rotatable bonds is 5. The van der Waals surface area contributed by atoms with E-state index in [1.807, 2.05) is 18.2 Å². The fourth-order valence-corrected chi connectivity index (χ4v) is 2.61.